The zero-order valence-electron chi connectivity index (χ0n) is 6.71. The van der Waals surface area contributed by atoms with E-state index in [0.717, 1.165) is 11.1 Å². The summed E-state index contributed by atoms with van der Waals surface area (Å²) in [4.78, 5) is 0. The lowest BCUT2D eigenvalue weighted by molar-refractivity contribution is 0.626. The minimum atomic E-state index is -0.249. The number of rotatable bonds is 1. The molecule has 1 rings (SSSR count). The monoisotopic (exact) mass is 161 g/mol. The maximum atomic E-state index is 12.6. The van der Waals surface area contributed by atoms with Crippen molar-refractivity contribution in [2.45, 2.75) is 6.92 Å². The molecule has 60 valence electrons. The van der Waals surface area contributed by atoms with Crippen LogP contribution in [-0.4, -0.2) is 0 Å². The SMILES string of the molecule is Cc1cc(F)ccc1/C=C/C#N. The van der Waals surface area contributed by atoms with Gasteiger partial charge in [0.15, 0.2) is 0 Å². The molecule has 12 heavy (non-hydrogen) atoms. The molecule has 0 saturated heterocycles. The fraction of sp³-hybridized carbons (Fsp3) is 0.100. The predicted octanol–water partition coefficient (Wildman–Crippen LogP) is 2.67. The number of nitriles is 1. The van der Waals surface area contributed by atoms with Crippen LogP contribution in [0.3, 0.4) is 0 Å². The van der Waals surface area contributed by atoms with Gasteiger partial charge in [-0.3, -0.25) is 0 Å². The average molecular weight is 161 g/mol. The fourth-order valence-corrected chi connectivity index (χ4v) is 0.953. The van der Waals surface area contributed by atoms with Gasteiger partial charge in [0.25, 0.3) is 0 Å². The predicted molar refractivity (Wildman–Crippen MR) is 45.8 cm³/mol. The van der Waals surface area contributed by atoms with E-state index in [2.05, 4.69) is 0 Å². The van der Waals surface area contributed by atoms with Crippen LogP contribution in [0.2, 0.25) is 0 Å². The van der Waals surface area contributed by atoms with Crippen molar-refractivity contribution < 1.29 is 4.39 Å². The van der Waals surface area contributed by atoms with Crippen molar-refractivity contribution in [3.8, 4) is 6.07 Å². The van der Waals surface area contributed by atoms with Crippen molar-refractivity contribution in [3.63, 3.8) is 0 Å². The Kier molecular flexibility index (Phi) is 2.60. The minimum Gasteiger partial charge on any atom is -0.207 e. The molecular weight excluding hydrogens is 153 g/mol. The van der Waals surface area contributed by atoms with Crippen LogP contribution < -0.4 is 0 Å². The molecule has 0 aliphatic heterocycles. The van der Waals surface area contributed by atoms with Gasteiger partial charge >= 0.3 is 0 Å². The Labute approximate surface area is 70.8 Å². The molecule has 1 aromatic carbocycles. The average Bonchev–Trinajstić information content (AvgIpc) is 2.03. The zero-order valence-corrected chi connectivity index (χ0v) is 6.71. The maximum absolute atomic E-state index is 12.6. The topological polar surface area (TPSA) is 23.8 Å². The molecule has 0 fully saturated rings. The highest BCUT2D eigenvalue weighted by Crippen LogP contribution is 2.11. The van der Waals surface area contributed by atoms with E-state index in [0.29, 0.717) is 0 Å². The number of hydrogen-bond donors (Lipinski definition) is 0. The summed E-state index contributed by atoms with van der Waals surface area (Å²) in [6.07, 6.45) is 3.04. The number of benzene rings is 1. The summed E-state index contributed by atoms with van der Waals surface area (Å²) in [7, 11) is 0. The molecule has 0 saturated carbocycles. The van der Waals surface area contributed by atoms with Crippen molar-refractivity contribution in [1.82, 2.24) is 0 Å². The number of nitrogens with zero attached hydrogens (tertiary/aromatic N) is 1. The van der Waals surface area contributed by atoms with E-state index in [4.69, 9.17) is 5.26 Å². The van der Waals surface area contributed by atoms with Gasteiger partial charge in [-0.1, -0.05) is 6.07 Å². The van der Waals surface area contributed by atoms with Crippen LogP contribution in [0.5, 0.6) is 0 Å². The third kappa shape index (κ3) is 1.93. The highest BCUT2D eigenvalue weighted by atomic mass is 19.1. The lowest BCUT2D eigenvalue weighted by Crippen LogP contribution is -1.81. The van der Waals surface area contributed by atoms with E-state index in [9.17, 15) is 4.39 Å². The largest absolute Gasteiger partial charge is 0.207 e. The number of aryl methyl sites for hydroxylation is 1. The Bertz CT molecular complexity index is 347. The summed E-state index contributed by atoms with van der Waals surface area (Å²) in [5.41, 5.74) is 1.71. The van der Waals surface area contributed by atoms with Crippen LogP contribution in [0.25, 0.3) is 6.08 Å². The summed E-state index contributed by atoms with van der Waals surface area (Å²) in [5, 5.41) is 8.26. The van der Waals surface area contributed by atoms with Crippen LogP contribution in [0.4, 0.5) is 4.39 Å². The van der Waals surface area contributed by atoms with Gasteiger partial charge in [-0.05, 0) is 36.3 Å². The fourth-order valence-electron chi connectivity index (χ4n) is 0.953. The first-order valence-corrected chi connectivity index (χ1v) is 3.56. The first-order chi connectivity index (χ1) is 5.74. The third-order valence-corrected chi connectivity index (χ3v) is 1.57. The Hall–Kier alpha value is -1.62. The Morgan fingerprint density at radius 1 is 1.50 bits per heavy atom. The maximum Gasteiger partial charge on any atom is 0.123 e. The molecule has 0 radical (unpaired) electrons. The van der Waals surface area contributed by atoms with Crippen molar-refractivity contribution in [2.24, 2.45) is 0 Å². The van der Waals surface area contributed by atoms with E-state index in [1.54, 1.807) is 19.1 Å². The van der Waals surface area contributed by atoms with Crippen LogP contribution in [0, 0.1) is 24.1 Å². The molecule has 2 heteroatoms. The molecule has 0 aliphatic rings. The van der Waals surface area contributed by atoms with E-state index < -0.39 is 0 Å². The van der Waals surface area contributed by atoms with Gasteiger partial charge in [0.05, 0.1) is 6.07 Å². The number of hydrogen-bond acceptors (Lipinski definition) is 1. The normalized spacial score (nSPS) is 10.1. The quantitative estimate of drug-likeness (QED) is 0.581. The van der Waals surface area contributed by atoms with E-state index in [1.807, 2.05) is 6.07 Å². The van der Waals surface area contributed by atoms with Gasteiger partial charge in [-0.15, -0.1) is 0 Å². The smallest absolute Gasteiger partial charge is 0.123 e. The van der Waals surface area contributed by atoms with Crippen LogP contribution in [0.1, 0.15) is 11.1 Å². The zero-order chi connectivity index (χ0) is 8.97. The van der Waals surface area contributed by atoms with Crippen LogP contribution >= 0.6 is 0 Å². The molecule has 0 bridgehead atoms. The number of halogens is 1. The van der Waals surface area contributed by atoms with Crippen molar-refractivity contribution in [3.05, 3.63) is 41.2 Å². The van der Waals surface area contributed by atoms with Gasteiger partial charge in [0.1, 0.15) is 5.82 Å². The molecular formula is C10H8FN. The first kappa shape index (κ1) is 8.48. The van der Waals surface area contributed by atoms with E-state index in [-0.39, 0.29) is 5.82 Å². The minimum absolute atomic E-state index is 0.249. The molecule has 0 aliphatic carbocycles. The molecule has 0 unspecified atom stereocenters. The lowest BCUT2D eigenvalue weighted by Gasteiger charge is -1.97. The van der Waals surface area contributed by atoms with Crippen molar-refractivity contribution >= 4 is 6.08 Å². The standard InChI is InChI=1S/C10H8FN/c1-8-7-10(11)5-4-9(8)3-2-6-12/h2-5,7H,1H3/b3-2+. The molecule has 1 aromatic rings. The summed E-state index contributed by atoms with van der Waals surface area (Å²) in [6.45, 7) is 1.81. The van der Waals surface area contributed by atoms with Gasteiger partial charge < -0.3 is 0 Å². The second-order valence-corrected chi connectivity index (χ2v) is 2.46. The lowest BCUT2D eigenvalue weighted by atomic mass is 10.1. The summed E-state index contributed by atoms with van der Waals surface area (Å²) >= 11 is 0. The molecule has 0 spiro atoms. The molecule has 0 aromatic heterocycles. The summed E-state index contributed by atoms with van der Waals surface area (Å²) in [5.74, 6) is -0.249. The van der Waals surface area contributed by atoms with Gasteiger partial charge in [0.2, 0.25) is 0 Å². The highest BCUT2D eigenvalue weighted by Gasteiger charge is 1.94. The Morgan fingerprint density at radius 2 is 2.25 bits per heavy atom. The second kappa shape index (κ2) is 3.68. The summed E-state index contributed by atoms with van der Waals surface area (Å²) in [6, 6.07) is 6.36. The Morgan fingerprint density at radius 3 is 2.83 bits per heavy atom. The molecule has 0 N–H and O–H groups in total. The van der Waals surface area contributed by atoms with Crippen LogP contribution in [0.15, 0.2) is 24.3 Å². The van der Waals surface area contributed by atoms with Gasteiger partial charge in [-0.25, -0.2) is 4.39 Å². The molecule has 0 heterocycles. The molecule has 0 atom stereocenters. The third-order valence-electron chi connectivity index (χ3n) is 1.57. The van der Waals surface area contributed by atoms with Gasteiger partial charge in [0, 0.05) is 6.08 Å². The summed E-state index contributed by atoms with van der Waals surface area (Å²) < 4.78 is 12.6. The van der Waals surface area contributed by atoms with Crippen molar-refractivity contribution in [2.75, 3.05) is 0 Å². The highest BCUT2D eigenvalue weighted by molar-refractivity contribution is 5.55. The molecule has 1 nitrogen and oxygen atoms in total. The van der Waals surface area contributed by atoms with Gasteiger partial charge in [-0.2, -0.15) is 5.26 Å². The van der Waals surface area contributed by atoms with E-state index in [1.165, 1.54) is 18.2 Å². The van der Waals surface area contributed by atoms with E-state index >= 15 is 0 Å². The second-order valence-electron chi connectivity index (χ2n) is 2.46. The number of allylic oxidation sites excluding steroid dienone is 1. The Balaban J connectivity index is 3.03. The van der Waals surface area contributed by atoms with Crippen LogP contribution in [-0.2, 0) is 0 Å². The first-order valence-electron chi connectivity index (χ1n) is 3.56. The molecule has 0 amide bonds. The van der Waals surface area contributed by atoms with Crippen molar-refractivity contribution in [1.29, 1.82) is 5.26 Å².